The van der Waals surface area contributed by atoms with Crippen LogP contribution in [0.2, 0.25) is 0 Å². The fourth-order valence-electron chi connectivity index (χ4n) is 1.78. The van der Waals surface area contributed by atoms with Crippen LogP contribution >= 0.6 is 15.9 Å². The second kappa shape index (κ2) is 6.00. The van der Waals surface area contributed by atoms with E-state index in [9.17, 15) is 9.59 Å². The van der Waals surface area contributed by atoms with Crippen molar-refractivity contribution in [3.63, 3.8) is 0 Å². The fourth-order valence-corrected chi connectivity index (χ4v) is 2.14. The number of nitrogens with one attached hydrogen (secondary N) is 1. The minimum Gasteiger partial charge on any atom is -0.324 e. The van der Waals surface area contributed by atoms with Gasteiger partial charge in [-0.3, -0.25) is 14.3 Å². The van der Waals surface area contributed by atoms with Gasteiger partial charge in [0.2, 0.25) is 5.91 Å². The van der Waals surface area contributed by atoms with Crippen molar-refractivity contribution >= 4 is 33.3 Å². The fraction of sp³-hybridized carbons (Fsp3) is 0.214. The third-order valence-corrected chi connectivity index (χ3v) is 3.41. The van der Waals surface area contributed by atoms with Crippen LogP contribution in [0.1, 0.15) is 30.2 Å². The van der Waals surface area contributed by atoms with E-state index < -0.39 is 6.04 Å². The summed E-state index contributed by atoms with van der Waals surface area (Å²) in [6.45, 7) is 3.21. The summed E-state index contributed by atoms with van der Waals surface area (Å²) in [5.74, 6) is -0.327. The molecule has 0 saturated heterocycles. The molecule has 104 valence electrons. The SMILES string of the molecule is CC(=O)c1cc(Br)ccc1NC(=O)C(C)n1cccn1. The molecule has 1 heterocycles. The first-order valence-electron chi connectivity index (χ1n) is 6.09. The Bertz CT molecular complexity index is 638. The summed E-state index contributed by atoms with van der Waals surface area (Å²) in [4.78, 5) is 23.8. The number of Topliss-reactive ketones (excluding diaryl/α,β-unsaturated/α-hetero) is 1. The number of carbonyl (C=O) groups is 2. The van der Waals surface area contributed by atoms with Gasteiger partial charge in [-0.1, -0.05) is 15.9 Å². The van der Waals surface area contributed by atoms with E-state index >= 15 is 0 Å². The number of carbonyl (C=O) groups excluding carboxylic acids is 2. The van der Waals surface area contributed by atoms with E-state index in [4.69, 9.17) is 0 Å². The highest BCUT2D eigenvalue weighted by atomic mass is 79.9. The van der Waals surface area contributed by atoms with Gasteiger partial charge in [0, 0.05) is 22.4 Å². The van der Waals surface area contributed by atoms with E-state index in [1.807, 2.05) is 0 Å². The first-order valence-corrected chi connectivity index (χ1v) is 6.89. The number of hydrogen-bond donors (Lipinski definition) is 1. The van der Waals surface area contributed by atoms with E-state index in [-0.39, 0.29) is 11.7 Å². The van der Waals surface area contributed by atoms with Gasteiger partial charge in [0.1, 0.15) is 6.04 Å². The average Bonchev–Trinajstić information content (AvgIpc) is 2.93. The van der Waals surface area contributed by atoms with Crippen molar-refractivity contribution < 1.29 is 9.59 Å². The first-order chi connectivity index (χ1) is 9.49. The summed E-state index contributed by atoms with van der Waals surface area (Å²) in [6, 6.07) is 6.48. The largest absolute Gasteiger partial charge is 0.324 e. The number of amides is 1. The lowest BCUT2D eigenvalue weighted by Gasteiger charge is -2.14. The number of anilines is 1. The Morgan fingerprint density at radius 3 is 2.75 bits per heavy atom. The number of ketones is 1. The zero-order valence-corrected chi connectivity index (χ0v) is 12.7. The molecule has 1 aromatic carbocycles. The molecule has 0 fully saturated rings. The third-order valence-electron chi connectivity index (χ3n) is 2.92. The molecule has 0 spiro atoms. The summed E-state index contributed by atoms with van der Waals surface area (Å²) in [5, 5.41) is 6.80. The van der Waals surface area contributed by atoms with Crippen molar-refractivity contribution in [3.05, 3.63) is 46.7 Å². The molecular formula is C14H14BrN3O2. The Kier molecular flexibility index (Phi) is 4.34. The van der Waals surface area contributed by atoms with Crippen LogP contribution < -0.4 is 5.32 Å². The van der Waals surface area contributed by atoms with Crippen molar-refractivity contribution in [2.24, 2.45) is 0 Å². The number of rotatable bonds is 4. The minimum atomic E-state index is -0.451. The van der Waals surface area contributed by atoms with Gasteiger partial charge in [0.05, 0.1) is 5.69 Å². The van der Waals surface area contributed by atoms with E-state index in [0.717, 1.165) is 4.47 Å². The van der Waals surface area contributed by atoms with Crippen molar-refractivity contribution in [2.45, 2.75) is 19.9 Å². The standard InChI is InChI=1S/C14H14BrN3O2/c1-9(18-7-3-6-16-18)14(20)17-13-5-4-11(15)8-12(13)10(2)19/h3-9H,1-2H3,(H,17,20). The lowest BCUT2D eigenvalue weighted by Crippen LogP contribution is -2.24. The summed E-state index contributed by atoms with van der Waals surface area (Å²) in [6.07, 6.45) is 3.34. The van der Waals surface area contributed by atoms with Gasteiger partial charge in [-0.2, -0.15) is 5.10 Å². The molecule has 0 saturated carbocycles. The molecule has 1 amide bonds. The molecule has 0 aliphatic heterocycles. The first kappa shape index (κ1) is 14.5. The molecule has 6 heteroatoms. The van der Waals surface area contributed by atoms with Gasteiger partial charge in [0.15, 0.2) is 5.78 Å². The summed E-state index contributed by atoms with van der Waals surface area (Å²) in [7, 11) is 0. The van der Waals surface area contributed by atoms with Gasteiger partial charge in [-0.25, -0.2) is 0 Å². The van der Waals surface area contributed by atoms with Gasteiger partial charge >= 0.3 is 0 Å². The zero-order valence-electron chi connectivity index (χ0n) is 11.1. The van der Waals surface area contributed by atoms with Gasteiger partial charge < -0.3 is 5.32 Å². The van der Waals surface area contributed by atoms with E-state index in [1.54, 1.807) is 48.3 Å². The van der Waals surface area contributed by atoms with E-state index in [1.165, 1.54) is 6.92 Å². The molecule has 0 aliphatic rings. The lowest BCUT2D eigenvalue weighted by atomic mass is 10.1. The Morgan fingerprint density at radius 1 is 1.40 bits per heavy atom. The van der Waals surface area contributed by atoms with Gasteiger partial charge in [0.25, 0.3) is 0 Å². The van der Waals surface area contributed by atoms with E-state index in [0.29, 0.717) is 11.3 Å². The second-order valence-corrected chi connectivity index (χ2v) is 5.31. The molecule has 2 rings (SSSR count). The highest BCUT2D eigenvalue weighted by molar-refractivity contribution is 9.10. The normalized spacial score (nSPS) is 11.9. The number of nitrogens with zero attached hydrogens (tertiary/aromatic N) is 2. The van der Waals surface area contributed by atoms with Crippen LogP contribution in [0.25, 0.3) is 0 Å². The Morgan fingerprint density at radius 2 is 2.15 bits per heavy atom. The number of benzene rings is 1. The summed E-state index contributed by atoms with van der Waals surface area (Å²) in [5.41, 5.74) is 0.977. The van der Waals surface area contributed by atoms with Crippen molar-refractivity contribution in [2.75, 3.05) is 5.32 Å². The third kappa shape index (κ3) is 3.14. The van der Waals surface area contributed by atoms with Crippen LogP contribution in [0.4, 0.5) is 5.69 Å². The van der Waals surface area contributed by atoms with Crippen LogP contribution in [0.5, 0.6) is 0 Å². The molecule has 0 radical (unpaired) electrons. The molecule has 1 atom stereocenters. The topological polar surface area (TPSA) is 64.0 Å². The second-order valence-electron chi connectivity index (χ2n) is 4.40. The molecule has 1 aromatic heterocycles. The Hall–Kier alpha value is -1.95. The van der Waals surface area contributed by atoms with Crippen LogP contribution in [0, 0.1) is 0 Å². The summed E-state index contributed by atoms with van der Waals surface area (Å²) < 4.78 is 2.35. The molecule has 5 nitrogen and oxygen atoms in total. The molecular weight excluding hydrogens is 322 g/mol. The lowest BCUT2D eigenvalue weighted by molar-refractivity contribution is -0.119. The van der Waals surface area contributed by atoms with Gasteiger partial charge in [-0.15, -0.1) is 0 Å². The van der Waals surface area contributed by atoms with E-state index in [2.05, 4.69) is 26.3 Å². The maximum Gasteiger partial charge on any atom is 0.248 e. The minimum absolute atomic E-state index is 0.103. The molecule has 0 aliphatic carbocycles. The monoisotopic (exact) mass is 335 g/mol. The Labute approximate surface area is 125 Å². The Balaban J connectivity index is 2.22. The highest BCUT2D eigenvalue weighted by Crippen LogP contribution is 2.22. The number of aromatic nitrogens is 2. The predicted molar refractivity (Wildman–Crippen MR) is 79.7 cm³/mol. The van der Waals surface area contributed by atoms with Crippen LogP contribution in [0.15, 0.2) is 41.1 Å². The quantitative estimate of drug-likeness (QED) is 0.873. The number of hydrogen-bond acceptors (Lipinski definition) is 3. The van der Waals surface area contributed by atoms with Crippen LogP contribution in [-0.2, 0) is 4.79 Å². The molecule has 20 heavy (non-hydrogen) atoms. The molecule has 1 unspecified atom stereocenters. The maximum atomic E-state index is 12.2. The summed E-state index contributed by atoms with van der Waals surface area (Å²) >= 11 is 3.31. The number of halogens is 1. The maximum absolute atomic E-state index is 12.2. The van der Waals surface area contributed by atoms with Gasteiger partial charge in [-0.05, 0) is 38.1 Å². The molecule has 0 bridgehead atoms. The van der Waals surface area contributed by atoms with Crippen LogP contribution in [0.3, 0.4) is 0 Å². The van der Waals surface area contributed by atoms with Crippen molar-refractivity contribution in [1.29, 1.82) is 0 Å². The smallest absolute Gasteiger partial charge is 0.248 e. The van der Waals surface area contributed by atoms with Crippen molar-refractivity contribution in [3.8, 4) is 0 Å². The average molecular weight is 336 g/mol. The molecule has 2 aromatic rings. The molecule has 1 N–H and O–H groups in total. The highest BCUT2D eigenvalue weighted by Gasteiger charge is 2.17. The zero-order chi connectivity index (χ0) is 14.7. The predicted octanol–water partition coefficient (Wildman–Crippen LogP) is 3.05. The van der Waals surface area contributed by atoms with Crippen molar-refractivity contribution in [1.82, 2.24) is 9.78 Å². The van der Waals surface area contributed by atoms with Crippen LogP contribution in [-0.4, -0.2) is 21.5 Å².